The lowest BCUT2D eigenvalue weighted by Gasteiger charge is -2.35. The number of fused-ring (bicyclic) bond motifs is 3. The van der Waals surface area contributed by atoms with Crippen LogP contribution in [0.15, 0.2) is 81.2 Å². The largest absolute Gasteiger partial charge is 0.438 e. The highest BCUT2D eigenvalue weighted by Crippen LogP contribution is 2.56. The molecule has 3 aromatic carbocycles. The first-order valence-electron chi connectivity index (χ1n) is 22.0. The van der Waals surface area contributed by atoms with Gasteiger partial charge >= 0.3 is 11.4 Å². The monoisotopic (exact) mass is 882 g/mol. The summed E-state index contributed by atoms with van der Waals surface area (Å²) in [6.45, 7) is 12.5. The molecule has 2 fully saturated rings. The van der Waals surface area contributed by atoms with Crippen molar-refractivity contribution < 1.29 is 22.8 Å². The Hall–Kier alpha value is -6.88. The van der Waals surface area contributed by atoms with Crippen LogP contribution in [0.3, 0.4) is 0 Å². The third-order valence-electron chi connectivity index (χ3n) is 14.2. The van der Waals surface area contributed by atoms with Crippen LogP contribution in [0.5, 0.6) is 0 Å². The second-order valence-electron chi connectivity index (χ2n) is 18.8. The van der Waals surface area contributed by atoms with Crippen LogP contribution in [0.2, 0.25) is 0 Å². The van der Waals surface area contributed by atoms with Crippen molar-refractivity contribution in [1.29, 1.82) is 0 Å². The number of hydrogen-bond acceptors (Lipinski definition) is 8. The van der Waals surface area contributed by atoms with Gasteiger partial charge in [0.2, 0.25) is 0 Å². The lowest BCUT2D eigenvalue weighted by atomic mass is 9.83. The van der Waals surface area contributed by atoms with Gasteiger partial charge in [-0.3, -0.25) is 28.1 Å². The van der Waals surface area contributed by atoms with Crippen molar-refractivity contribution >= 4 is 27.7 Å². The van der Waals surface area contributed by atoms with Gasteiger partial charge in [-0.25, -0.2) is 23.1 Å². The van der Waals surface area contributed by atoms with Gasteiger partial charge in [0, 0.05) is 55.5 Å². The first-order valence-corrected chi connectivity index (χ1v) is 22.0. The number of amides is 1. The number of H-pyrrole nitrogens is 1. The molecule has 1 N–H and O–H groups in total. The molecule has 1 aliphatic carbocycles. The van der Waals surface area contributed by atoms with E-state index in [0.717, 1.165) is 29.3 Å². The first-order chi connectivity index (χ1) is 31.1. The van der Waals surface area contributed by atoms with Gasteiger partial charge in [-0.2, -0.15) is 10.2 Å². The topological polar surface area (TPSA) is 156 Å². The smallest absolute Gasteiger partial charge is 0.376 e. The van der Waals surface area contributed by atoms with E-state index in [1.54, 1.807) is 65.6 Å². The maximum absolute atomic E-state index is 16.1. The summed E-state index contributed by atoms with van der Waals surface area (Å²) in [4.78, 5) is 47.2. The summed E-state index contributed by atoms with van der Waals surface area (Å²) in [6, 6.07) is 14.3. The zero-order valence-electron chi connectivity index (χ0n) is 37.1. The Kier molecular flexibility index (Phi) is 9.00. The minimum Gasteiger partial charge on any atom is -0.376 e. The van der Waals surface area contributed by atoms with E-state index < -0.39 is 28.8 Å². The molecule has 11 rings (SSSR count). The van der Waals surface area contributed by atoms with Crippen LogP contribution in [0.25, 0.3) is 39.0 Å². The summed E-state index contributed by atoms with van der Waals surface area (Å²) in [5.41, 5.74) is 3.92. The fraction of sp³-hybridized carbons (Fsp3) is 0.375. The maximum Gasteiger partial charge on any atom is 0.438 e. The van der Waals surface area contributed by atoms with Gasteiger partial charge in [-0.05, 0) is 125 Å². The quantitative estimate of drug-likeness (QED) is 0.173. The van der Waals surface area contributed by atoms with Gasteiger partial charge in [0.15, 0.2) is 11.6 Å². The maximum atomic E-state index is 16.1. The zero-order valence-corrected chi connectivity index (χ0v) is 37.1. The van der Waals surface area contributed by atoms with Crippen LogP contribution in [0, 0.1) is 31.4 Å². The molecule has 2 aliphatic heterocycles. The van der Waals surface area contributed by atoms with Crippen molar-refractivity contribution in [1.82, 2.24) is 48.3 Å². The number of imidazole rings is 1. The highest BCUT2D eigenvalue weighted by Gasteiger charge is 2.59. The first kappa shape index (κ1) is 40.9. The van der Waals surface area contributed by atoms with Gasteiger partial charge in [0.25, 0.3) is 5.91 Å². The van der Waals surface area contributed by atoms with Crippen molar-refractivity contribution in [3.05, 3.63) is 139 Å². The molecule has 65 heavy (non-hydrogen) atoms. The van der Waals surface area contributed by atoms with Gasteiger partial charge in [0.1, 0.15) is 22.9 Å². The summed E-state index contributed by atoms with van der Waals surface area (Å²) in [5, 5.41) is 14.6. The van der Waals surface area contributed by atoms with Crippen molar-refractivity contribution in [2.24, 2.45) is 13.0 Å². The summed E-state index contributed by atoms with van der Waals surface area (Å²) < 4.78 is 50.2. The van der Waals surface area contributed by atoms with Crippen molar-refractivity contribution in [2.45, 2.75) is 90.3 Å². The Bertz CT molecular complexity index is 3380. The fourth-order valence-corrected chi connectivity index (χ4v) is 10.8. The standard InChI is InChI=1S/C48H48F2N10O5/c1-25-18-32(19-26(2)40(25)49)60-42(58-16-15-57(46(58)63)37-11-10-36-33(41(37)50)24-51-55(36)7)39-28(4)56(14-12-34(39)53-60)43(61)38-21-31-20-29(30-13-17-64-47(5,6)23-30)8-9-35(31)59(38)48(22-27(48)3)44-52-45(62)65-54-44/h8-11,15-16,18-21,24,27-28,30H,12-14,17,22-23H2,1-7H3,(H,52,54,62)/t27-,28+,30+,48+/m0/s1. The van der Waals surface area contributed by atoms with E-state index >= 15 is 13.6 Å². The Morgan fingerprint density at radius 2 is 1.68 bits per heavy atom. The van der Waals surface area contributed by atoms with Crippen LogP contribution in [-0.2, 0) is 23.7 Å². The number of halogens is 2. The average molecular weight is 883 g/mol. The van der Waals surface area contributed by atoms with E-state index in [0.29, 0.717) is 76.9 Å². The molecule has 15 nitrogen and oxygen atoms in total. The molecule has 1 saturated carbocycles. The highest BCUT2D eigenvalue weighted by molar-refractivity contribution is 6.00. The summed E-state index contributed by atoms with van der Waals surface area (Å²) in [6.07, 6.45) is 7.17. The second kappa shape index (κ2) is 14.3. The molecule has 0 spiro atoms. The Morgan fingerprint density at radius 3 is 2.38 bits per heavy atom. The van der Waals surface area contributed by atoms with Gasteiger partial charge in [-0.1, -0.05) is 18.1 Å². The minimum atomic E-state index is -0.857. The molecule has 4 atom stereocenters. The molecule has 0 bridgehead atoms. The molecule has 8 aromatic rings. The third-order valence-corrected chi connectivity index (χ3v) is 14.2. The lowest BCUT2D eigenvalue weighted by Crippen LogP contribution is -2.41. The van der Waals surface area contributed by atoms with Crippen LogP contribution in [-0.4, -0.2) is 73.0 Å². The third kappa shape index (κ3) is 6.14. The number of aromatic amines is 1. The fourth-order valence-electron chi connectivity index (χ4n) is 10.8. The van der Waals surface area contributed by atoms with Crippen molar-refractivity contribution in [3.8, 4) is 17.2 Å². The molecular weight excluding hydrogens is 835 g/mol. The number of benzene rings is 3. The molecule has 3 aliphatic rings. The molecule has 1 amide bonds. The normalized spacial score (nSPS) is 21.7. The molecule has 0 radical (unpaired) electrons. The molecule has 5 aromatic heterocycles. The zero-order chi connectivity index (χ0) is 45.4. The Balaban J connectivity index is 1.06. The van der Waals surface area contributed by atoms with Crippen LogP contribution in [0.1, 0.15) is 103 Å². The van der Waals surface area contributed by atoms with Gasteiger partial charge in [-0.15, -0.1) is 0 Å². The second-order valence-corrected chi connectivity index (χ2v) is 18.8. The molecule has 0 unspecified atom stereocenters. The molecular formula is C48H48F2N10O5. The predicted octanol–water partition coefficient (Wildman–Crippen LogP) is 7.44. The highest BCUT2D eigenvalue weighted by atomic mass is 19.1. The number of ether oxygens (including phenoxy) is 1. The van der Waals surface area contributed by atoms with E-state index in [1.807, 2.05) is 17.6 Å². The summed E-state index contributed by atoms with van der Waals surface area (Å²) in [5.74, 6) is -0.925. The molecule has 334 valence electrons. The van der Waals surface area contributed by atoms with E-state index in [9.17, 15) is 9.59 Å². The van der Waals surface area contributed by atoms with Gasteiger partial charge < -0.3 is 14.2 Å². The minimum absolute atomic E-state index is 0.00109. The molecule has 17 heteroatoms. The van der Waals surface area contributed by atoms with E-state index in [-0.39, 0.29) is 40.2 Å². The number of carbonyl (C=O) groups is 1. The SMILES string of the molecule is Cc1cc(-n2nc3c(c2-n2ccn(-c4ccc5c(cnn5C)c4F)c2=O)[C@@H](C)N(C(=O)c2cc4cc([C@@H]5CCOC(C)(C)C5)ccc4n2[C@]2(c4noc(=O)[nH]4)C[C@@H]2C)CC3)cc(C)c1F. The number of hydrogen-bond donors (Lipinski definition) is 1. The van der Waals surface area contributed by atoms with Crippen molar-refractivity contribution in [2.75, 3.05) is 13.2 Å². The summed E-state index contributed by atoms with van der Waals surface area (Å²) in [7, 11) is 1.72. The van der Waals surface area contributed by atoms with E-state index in [2.05, 4.69) is 54.2 Å². The van der Waals surface area contributed by atoms with Crippen molar-refractivity contribution in [3.63, 3.8) is 0 Å². The average Bonchev–Trinajstić information content (AvgIpc) is 3.90. The van der Waals surface area contributed by atoms with Crippen LogP contribution in [0.4, 0.5) is 8.78 Å². The number of nitrogens with one attached hydrogen (secondary N) is 1. The molecule has 1 saturated heterocycles. The van der Waals surface area contributed by atoms with Crippen LogP contribution < -0.4 is 11.4 Å². The number of aromatic nitrogens is 9. The lowest BCUT2D eigenvalue weighted by molar-refractivity contribution is -0.0592. The van der Waals surface area contributed by atoms with E-state index in [4.69, 9.17) is 14.4 Å². The molecule has 7 heterocycles. The van der Waals surface area contributed by atoms with Gasteiger partial charge in [0.05, 0.1) is 45.8 Å². The van der Waals surface area contributed by atoms with E-state index in [1.165, 1.54) is 21.5 Å². The number of nitrogens with zero attached hydrogens (tertiary/aromatic N) is 9. The number of carbonyl (C=O) groups excluding carboxylic acids is 1. The predicted molar refractivity (Wildman–Crippen MR) is 237 cm³/mol. The Labute approximate surface area is 370 Å². The Morgan fingerprint density at radius 1 is 0.938 bits per heavy atom. The van der Waals surface area contributed by atoms with Crippen LogP contribution >= 0.6 is 0 Å². The number of aryl methyl sites for hydroxylation is 3. The summed E-state index contributed by atoms with van der Waals surface area (Å²) >= 11 is 0. The number of rotatable bonds is 7.